The molecule has 2 aromatic heterocycles. The summed E-state index contributed by atoms with van der Waals surface area (Å²) in [5.41, 5.74) is -0.398. The Morgan fingerprint density at radius 3 is 2.79 bits per heavy atom. The number of hydrogen-bond acceptors (Lipinski definition) is 4. The van der Waals surface area contributed by atoms with E-state index < -0.39 is 17.4 Å². The highest BCUT2D eigenvalue weighted by Gasteiger charge is 2.33. The number of halogens is 3. The summed E-state index contributed by atoms with van der Waals surface area (Å²) < 4.78 is 41.1. The Balaban J connectivity index is 1.64. The molecule has 9 heteroatoms. The molecule has 0 saturated carbocycles. The number of fused-ring (bicyclic) bond motifs is 1. The Morgan fingerprint density at radius 2 is 2.04 bits per heavy atom. The lowest BCUT2D eigenvalue weighted by Gasteiger charge is -2.13. The molecule has 0 unspecified atom stereocenters. The van der Waals surface area contributed by atoms with Gasteiger partial charge in [-0.1, -0.05) is 18.2 Å². The monoisotopic (exact) mass is 391 g/mol. The molecule has 1 aromatic carbocycles. The van der Waals surface area contributed by atoms with Gasteiger partial charge in [-0.3, -0.25) is 4.57 Å². The topological polar surface area (TPSA) is 74.7 Å². The van der Waals surface area contributed by atoms with Gasteiger partial charge < -0.3 is 15.6 Å². The lowest BCUT2D eigenvalue weighted by atomic mass is 10.1. The highest BCUT2D eigenvalue weighted by atomic mass is 19.4. The number of pyridine rings is 1. The minimum atomic E-state index is -4.48. The Labute approximate surface area is 158 Å². The van der Waals surface area contributed by atoms with E-state index in [1.807, 2.05) is 0 Å². The molecule has 1 aliphatic heterocycles. The van der Waals surface area contributed by atoms with Crippen LogP contribution in [0.1, 0.15) is 17.5 Å². The van der Waals surface area contributed by atoms with Gasteiger partial charge in [-0.25, -0.2) is 9.78 Å². The molecular weight excluding hydrogens is 371 g/mol. The summed E-state index contributed by atoms with van der Waals surface area (Å²) in [5, 5.41) is 6.55. The highest BCUT2D eigenvalue weighted by molar-refractivity contribution is 5.73. The molecule has 4 rings (SSSR count). The van der Waals surface area contributed by atoms with Crippen LogP contribution in [0, 0.1) is 5.92 Å². The van der Waals surface area contributed by atoms with Gasteiger partial charge in [0.05, 0.1) is 17.6 Å². The largest absolute Gasteiger partial charge is 0.416 e. The molecule has 28 heavy (non-hydrogen) atoms. The maximum absolute atomic E-state index is 13.3. The summed E-state index contributed by atoms with van der Waals surface area (Å²) in [6.45, 7) is 2.47. The van der Waals surface area contributed by atoms with Crippen LogP contribution in [0.25, 0.3) is 11.2 Å². The number of H-pyrrole nitrogens is 1. The van der Waals surface area contributed by atoms with Gasteiger partial charge in [-0.15, -0.1) is 0 Å². The molecule has 1 fully saturated rings. The third-order valence-electron chi connectivity index (χ3n) is 5.00. The predicted molar refractivity (Wildman–Crippen MR) is 100 cm³/mol. The average molecular weight is 391 g/mol. The van der Waals surface area contributed by atoms with Crippen LogP contribution in [0.2, 0.25) is 0 Å². The smallest absolute Gasteiger partial charge is 0.370 e. The second-order valence-corrected chi connectivity index (χ2v) is 6.98. The lowest BCUT2D eigenvalue weighted by molar-refractivity contribution is -0.138. The van der Waals surface area contributed by atoms with Crippen molar-refractivity contribution in [2.24, 2.45) is 5.92 Å². The van der Waals surface area contributed by atoms with Gasteiger partial charge in [0.1, 0.15) is 5.82 Å². The number of nitrogens with zero attached hydrogens (tertiary/aromatic N) is 2. The van der Waals surface area contributed by atoms with Crippen molar-refractivity contribution in [1.82, 2.24) is 19.9 Å². The molecule has 1 saturated heterocycles. The highest BCUT2D eigenvalue weighted by Crippen LogP contribution is 2.32. The zero-order valence-corrected chi connectivity index (χ0v) is 15.0. The van der Waals surface area contributed by atoms with E-state index in [9.17, 15) is 18.0 Å². The van der Waals surface area contributed by atoms with Gasteiger partial charge in [0, 0.05) is 6.54 Å². The molecule has 0 radical (unpaired) electrons. The first-order chi connectivity index (χ1) is 13.4. The van der Waals surface area contributed by atoms with E-state index in [-0.39, 0.29) is 12.1 Å². The van der Waals surface area contributed by atoms with E-state index in [4.69, 9.17) is 0 Å². The number of aromatic nitrogens is 3. The number of benzene rings is 1. The van der Waals surface area contributed by atoms with Crippen molar-refractivity contribution in [3.63, 3.8) is 0 Å². The van der Waals surface area contributed by atoms with E-state index >= 15 is 0 Å². The standard InChI is InChI=1S/C19H20F3N5O/c20-19(21,22)14-4-2-1-3-13(14)11-27-17-15(25-18(27)28)5-6-16(26-17)24-10-12-7-8-23-9-12/h1-6,12,23H,7-11H2,(H,24,26)(H,25,28)/t12-/m1/s1. The minimum Gasteiger partial charge on any atom is -0.370 e. The van der Waals surface area contributed by atoms with Crippen molar-refractivity contribution in [3.05, 3.63) is 58.0 Å². The van der Waals surface area contributed by atoms with Crippen molar-refractivity contribution >= 4 is 17.0 Å². The number of rotatable bonds is 5. The zero-order chi connectivity index (χ0) is 19.7. The summed E-state index contributed by atoms with van der Waals surface area (Å²) in [6.07, 6.45) is -3.40. The van der Waals surface area contributed by atoms with E-state index in [1.165, 1.54) is 22.8 Å². The summed E-state index contributed by atoms with van der Waals surface area (Å²) in [7, 11) is 0. The van der Waals surface area contributed by atoms with Crippen molar-refractivity contribution in [1.29, 1.82) is 0 Å². The van der Waals surface area contributed by atoms with Crippen molar-refractivity contribution in [2.75, 3.05) is 25.0 Å². The third-order valence-corrected chi connectivity index (χ3v) is 5.00. The average Bonchev–Trinajstić information content (AvgIpc) is 3.28. The Morgan fingerprint density at radius 1 is 1.21 bits per heavy atom. The first kappa shape index (κ1) is 18.5. The Bertz CT molecular complexity index is 1030. The maximum Gasteiger partial charge on any atom is 0.416 e. The molecule has 0 bridgehead atoms. The lowest BCUT2D eigenvalue weighted by Crippen LogP contribution is -2.20. The molecule has 0 spiro atoms. The summed E-state index contributed by atoms with van der Waals surface area (Å²) in [6, 6.07) is 8.73. The molecule has 1 aliphatic rings. The van der Waals surface area contributed by atoms with Gasteiger partial charge in [-0.2, -0.15) is 13.2 Å². The van der Waals surface area contributed by atoms with Crippen LogP contribution in [0.5, 0.6) is 0 Å². The van der Waals surface area contributed by atoms with Crippen LogP contribution in [0.3, 0.4) is 0 Å². The van der Waals surface area contributed by atoms with Gasteiger partial charge in [0.25, 0.3) is 0 Å². The molecule has 3 heterocycles. The number of alkyl halides is 3. The molecule has 0 aliphatic carbocycles. The van der Waals surface area contributed by atoms with Gasteiger partial charge in [-0.05, 0) is 49.2 Å². The SMILES string of the molecule is O=c1[nH]c2ccc(NC[C@@H]3CCNC3)nc2n1Cc1ccccc1C(F)(F)F. The predicted octanol–water partition coefficient (Wildman–Crippen LogP) is 2.81. The van der Waals surface area contributed by atoms with Crippen LogP contribution in [0.4, 0.5) is 19.0 Å². The van der Waals surface area contributed by atoms with Crippen LogP contribution in [-0.4, -0.2) is 34.2 Å². The van der Waals surface area contributed by atoms with E-state index in [0.717, 1.165) is 32.1 Å². The van der Waals surface area contributed by atoms with E-state index in [0.29, 0.717) is 22.9 Å². The second-order valence-electron chi connectivity index (χ2n) is 6.98. The summed E-state index contributed by atoms with van der Waals surface area (Å²) in [4.78, 5) is 19.5. The van der Waals surface area contributed by atoms with E-state index in [2.05, 4.69) is 20.6 Å². The number of hydrogen-bond donors (Lipinski definition) is 3. The first-order valence-electron chi connectivity index (χ1n) is 9.11. The maximum atomic E-state index is 13.3. The van der Waals surface area contributed by atoms with Gasteiger partial charge in [0.2, 0.25) is 0 Å². The van der Waals surface area contributed by atoms with Gasteiger partial charge >= 0.3 is 11.9 Å². The van der Waals surface area contributed by atoms with Crippen molar-refractivity contribution < 1.29 is 13.2 Å². The summed E-state index contributed by atoms with van der Waals surface area (Å²) in [5.74, 6) is 1.10. The van der Waals surface area contributed by atoms with Crippen LogP contribution >= 0.6 is 0 Å². The number of anilines is 1. The fourth-order valence-electron chi connectivity index (χ4n) is 3.52. The molecule has 148 valence electrons. The van der Waals surface area contributed by atoms with Crippen molar-refractivity contribution in [2.45, 2.75) is 19.1 Å². The first-order valence-corrected chi connectivity index (χ1v) is 9.11. The second kappa shape index (κ2) is 7.31. The molecule has 3 aromatic rings. The molecule has 3 N–H and O–H groups in total. The van der Waals surface area contributed by atoms with Crippen LogP contribution < -0.4 is 16.3 Å². The Hall–Kier alpha value is -2.81. The quantitative estimate of drug-likeness (QED) is 0.625. The van der Waals surface area contributed by atoms with Gasteiger partial charge in [0.15, 0.2) is 5.65 Å². The minimum absolute atomic E-state index is 0.0233. The molecule has 6 nitrogen and oxygen atoms in total. The van der Waals surface area contributed by atoms with Crippen LogP contribution in [0.15, 0.2) is 41.2 Å². The van der Waals surface area contributed by atoms with Crippen molar-refractivity contribution in [3.8, 4) is 0 Å². The number of imidazole rings is 1. The normalized spacial score (nSPS) is 17.3. The number of aromatic amines is 1. The Kier molecular flexibility index (Phi) is 4.84. The fourth-order valence-corrected chi connectivity index (χ4v) is 3.52. The zero-order valence-electron chi connectivity index (χ0n) is 15.0. The third kappa shape index (κ3) is 3.75. The molecule has 1 atom stereocenters. The van der Waals surface area contributed by atoms with E-state index in [1.54, 1.807) is 12.1 Å². The summed E-state index contributed by atoms with van der Waals surface area (Å²) >= 11 is 0. The molecular formula is C19H20F3N5O. The number of nitrogens with one attached hydrogen (secondary N) is 3. The fraction of sp³-hybridized carbons (Fsp3) is 0.368. The van der Waals surface area contributed by atoms with Crippen LogP contribution in [-0.2, 0) is 12.7 Å². The molecule has 0 amide bonds.